The molecule has 0 bridgehead atoms. The van der Waals surface area contributed by atoms with Gasteiger partial charge in [-0.05, 0) is 32.1 Å². The van der Waals surface area contributed by atoms with Crippen LogP contribution in [0.25, 0.3) is 0 Å². The van der Waals surface area contributed by atoms with E-state index in [1.54, 1.807) is 13.8 Å². The van der Waals surface area contributed by atoms with Crippen LogP contribution in [0.1, 0.15) is 54.4 Å². The molecule has 0 aromatic carbocycles. The molecule has 0 aromatic rings. The van der Waals surface area contributed by atoms with E-state index in [4.69, 9.17) is 14.2 Å². The Kier molecular flexibility index (Phi) is 7.94. The SMILES string of the molecule is CCOC(=O)C(CC=C(C(C)C)C(C)C)(CC1CO1)C(=O)OCC. The lowest BCUT2D eigenvalue weighted by Crippen LogP contribution is -2.43. The number of hydrogen-bond donors (Lipinski definition) is 0. The molecular weight excluding hydrogens is 308 g/mol. The van der Waals surface area contributed by atoms with Crippen molar-refractivity contribution >= 4 is 11.9 Å². The Balaban J connectivity index is 3.19. The first-order valence-electron chi connectivity index (χ1n) is 8.94. The van der Waals surface area contributed by atoms with E-state index in [1.165, 1.54) is 5.57 Å². The molecule has 0 radical (unpaired) electrons. The van der Waals surface area contributed by atoms with Gasteiger partial charge in [-0.3, -0.25) is 9.59 Å². The third-order valence-corrected chi connectivity index (χ3v) is 4.33. The summed E-state index contributed by atoms with van der Waals surface area (Å²) in [7, 11) is 0. The van der Waals surface area contributed by atoms with Gasteiger partial charge < -0.3 is 14.2 Å². The Labute approximate surface area is 145 Å². The Bertz CT molecular complexity index is 432. The molecule has 1 aliphatic heterocycles. The van der Waals surface area contributed by atoms with Gasteiger partial charge in [-0.25, -0.2) is 0 Å². The lowest BCUT2D eigenvalue weighted by atomic mass is 9.78. The summed E-state index contributed by atoms with van der Waals surface area (Å²) in [5.41, 5.74) is -0.0907. The Morgan fingerprint density at radius 1 is 1.08 bits per heavy atom. The maximum Gasteiger partial charge on any atom is 0.323 e. The van der Waals surface area contributed by atoms with Crippen molar-refractivity contribution < 1.29 is 23.8 Å². The zero-order valence-corrected chi connectivity index (χ0v) is 15.9. The third-order valence-electron chi connectivity index (χ3n) is 4.33. The second-order valence-electron chi connectivity index (χ2n) is 6.90. The summed E-state index contributed by atoms with van der Waals surface area (Å²) >= 11 is 0. The monoisotopic (exact) mass is 340 g/mol. The highest BCUT2D eigenvalue weighted by Gasteiger charge is 2.51. The van der Waals surface area contributed by atoms with Crippen LogP contribution in [0.3, 0.4) is 0 Å². The molecule has 0 amide bonds. The summed E-state index contributed by atoms with van der Waals surface area (Å²) in [5.74, 6) is -0.322. The fourth-order valence-electron chi connectivity index (χ4n) is 3.04. The fraction of sp³-hybridized carbons (Fsp3) is 0.789. The first kappa shape index (κ1) is 20.7. The van der Waals surface area contributed by atoms with Crippen LogP contribution < -0.4 is 0 Å². The van der Waals surface area contributed by atoms with Crippen LogP contribution in [-0.2, 0) is 23.8 Å². The van der Waals surface area contributed by atoms with Gasteiger partial charge in [0.25, 0.3) is 0 Å². The Hall–Kier alpha value is -1.36. The molecule has 1 aliphatic rings. The average Bonchev–Trinajstić information content (AvgIpc) is 3.29. The zero-order chi connectivity index (χ0) is 18.3. The third kappa shape index (κ3) is 5.33. The molecule has 1 heterocycles. The number of esters is 2. The molecule has 0 aromatic heterocycles. The van der Waals surface area contributed by atoms with E-state index in [-0.39, 0.29) is 25.7 Å². The van der Waals surface area contributed by atoms with Crippen molar-refractivity contribution in [2.24, 2.45) is 17.3 Å². The van der Waals surface area contributed by atoms with Gasteiger partial charge in [-0.2, -0.15) is 0 Å². The van der Waals surface area contributed by atoms with E-state index in [0.717, 1.165) is 0 Å². The summed E-state index contributed by atoms with van der Waals surface area (Å²) < 4.78 is 15.8. The van der Waals surface area contributed by atoms with Gasteiger partial charge in [-0.1, -0.05) is 39.3 Å². The number of carbonyl (C=O) groups excluding carboxylic acids is 2. The Morgan fingerprint density at radius 2 is 1.54 bits per heavy atom. The normalized spacial score (nSPS) is 16.9. The lowest BCUT2D eigenvalue weighted by Gasteiger charge is -2.28. The molecule has 5 heteroatoms. The first-order chi connectivity index (χ1) is 11.3. The smallest absolute Gasteiger partial charge is 0.323 e. The van der Waals surface area contributed by atoms with Crippen molar-refractivity contribution in [1.29, 1.82) is 0 Å². The standard InChI is InChI=1S/C19H32O5/c1-7-22-17(20)19(11-15-12-24-15,18(21)23-8-2)10-9-16(13(3)4)14(5)6/h9,13-15H,7-8,10-12H2,1-6H3. The van der Waals surface area contributed by atoms with Crippen LogP contribution in [-0.4, -0.2) is 37.9 Å². The maximum atomic E-state index is 12.7. The largest absolute Gasteiger partial charge is 0.465 e. The van der Waals surface area contributed by atoms with Gasteiger partial charge in [0, 0.05) is 6.42 Å². The number of epoxide rings is 1. The number of allylic oxidation sites excluding steroid dienone is 2. The average molecular weight is 340 g/mol. The molecule has 0 saturated carbocycles. The second kappa shape index (κ2) is 9.21. The molecule has 1 atom stereocenters. The molecule has 24 heavy (non-hydrogen) atoms. The molecule has 1 unspecified atom stereocenters. The summed E-state index contributed by atoms with van der Waals surface area (Å²) in [5, 5.41) is 0. The van der Waals surface area contributed by atoms with Gasteiger partial charge in [0.1, 0.15) is 0 Å². The van der Waals surface area contributed by atoms with Crippen LogP contribution in [0.15, 0.2) is 11.6 Å². The minimum Gasteiger partial charge on any atom is -0.465 e. The van der Waals surface area contributed by atoms with Gasteiger partial charge in [-0.15, -0.1) is 0 Å². The second-order valence-corrected chi connectivity index (χ2v) is 6.90. The van der Waals surface area contributed by atoms with E-state index in [2.05, 4.69) is 27.7 Å². The minimum atomic E-state index is -1.32. The minimum absolute atomic E-state index is 0.0752. The summed E-state index contributed by atoms with van der Waals surface area (Å²) in [6, 6.07) is 0. The zero-order valence-electron chi connectivity index (χ0n) is 15.9. The van der Waals surface area contributed by atoms with Crippen LogP contribution in [0.4, 0.5) is 0 Å². The van der Waals surface area contributed by atoms with Gasteiger partial charge in [0.05, 0.1) is 25.9 Å². The molecule has 0 aliphatic carbocycles. The quantitative estimate of drug-likeness (QED) is 0.263. The van der Waals surface area contributed by atoms with E-state index >= 15 is 0 Å². The predicted molar refractivity (Wildman–Crippen MR) is 92.4 cm³/mol. The topological polar surface area (TPSA) is 65.1 Å². The molecule has 138 valence electrons. The van der Waals surface area contributed by atoms with Crippen LogP contribution in [0, 0.1) is 17.3 Å². The van der Waals surface area contributed by atoms with E-state index in [0.29, 0.717) is 24.9 Å². The van der Waals surface area contributed by atoms with Crippen molar-refractivity contribution in [3.63, 3.8) is 0 Å². The van der Waals surface area contributed by atoms with Gasteiger partial charge in [0.2, 0.25) is 0 Å². The van der Waals surface area contributed by atoms with E-state index < -0.39 is 17.4 Å². The van der Waals surface area contributed by atoms with Gasteiger partial charge in [0.15, 0.2) is 5.41 Å². The predicted octanol–water partition coefficient (Wildman–Crippen LogP) is 3.52. The summed E-state index contributed by atoms with van der Waals surface area (Å²) in [6.07, 6.45) is 2.54. The van der Waals surface area contributed by atoms with Crippen molar-refractivity contribution in [3.8, 4) is 0 Å². The molecule has 1 rings (SSSR count). The van der Waals surface area contributed by atoms with Crippen molar-refractivity contribution in [3.05, 3.63) is 11.6 Å². The van der Waals surface area contributed by atoms with Crippen LogP contribution in [0.5, 0.6) is 0 Å². The van der Waals surface area contributed by atoms with Crippen LogP contribution in [0.2, 0.25) is 0 Å². The first-order valence-corrected chi connectivity index (χ1v) is 8.94. The van der Waals surface area contributed by atoms with Crippen molar-refractivity contribution in [2.75, 3.05) is 19.8 Å². The number of hydrogen-bond acceptors (Lipinski definition) is 5. The van der Waals surface area contributed by atoms with Crippen LogP contribution >= 0.6 is 0 Å². The highest BCUT2D eigenvalue weighted by Crippen LogP contribution is 2.38. The molecule has 0 N–H and O–H groups in total. The molecule has 1 fully saturated rings. The Morgan fingerprint density at radius 3 is 1.88 bits per heavy atom. The molecule has 0 spiro atoms. The van der Waals surface area contributed by atoms with Gasteiger partial charge >= 0.3 is 11.9 Å². The highest BCUT2D eigenvalue weighted by atomic mass is 16.6. The summed E-state index contributed by atoms with van der Waals surface area (Å²) in [4.78, 5) is 25.4. The maximum absolute atomic E-state index is 12.7. The molecular formula is C19H32O5. The van der Waals surface area contributed by atoms with E-state index in [9.17, 15) is 9.59 Å². The molecule has 1 saturated heterocycles. The number of carbonyl (C=O) groups is 2. The van der Waals surface area contributed by atoms with E-state index in [1.807, 2.05) is 6.08 Å². The van der Waals surface area contributed by atoms with Crippen molar-refractivity contribution in [2.45, 2.75) is 60.5 Å². The fourth-order valence-corrected chi connectivity index (χ4v) is 3.04. The summed E-state index contributed by atoms with van der Waals surface area (Å²) in [6.45, 7) is 13.0. The number of rotatable bonds is 10. The van der Waals surface area contributed by atoms with Crippen molar-refractivity contribution in [1.82, 2.24) is 0 Å². The lowest BCUT2D eigenvalue weighted by molar-refractivity contribution is -0.173. The number of ether oxygens (including phenoxy) is 3. The molecule has 5 nitrogen and oxygen atoms in total. The highest BCUT2D eigenvalue weighted by molar-refractivity contribution is 6.00.